The molecule has 0 aliphatic rings. The van der Waals surface area contributed by atoms with Crippen LogP contribution in [0, 0.1) is 5.82 Å². The van der Waals surface area contributed by atoms with E-state index in [0.717, 1.165) is 0 Å². The molecule has 1 aromatic rings. The Morgan fingerprint density at radius 3 is 2.45 bits per heavy atom. The summed E-state index contributed by atoms with van der Waals surface area (Å²) in [6, 6.07) is 3.80. The van der Waals surface area contributed by atoms with Gasteiger partial charge in [-0.3, -0.25) is 0 Å². The summed E-state index contributed by atoms with van der Waals surface area (Å²) in [5, 5.41) is 17.3. The molecule has 0 unspecified atom stereocenters. The van der Waals surface area contributed by atoms with Crippen molar-refractivity contribution in [1.82, 2.24) is 0 Å². The summed E-state index contributed by atoms with van der Waals surface area (Å²) in [5.41, 5.74) is 0.262. The van der Waals surface area contributed by atoms with E-state index in [0.29, 0.717) is 0 Å². The minimum atomic E-state index is -1.55. The Kier molecular flexibility index (Phi) is 2.65. The second-order valence-corrected chi connectivity index (χ2v) is 2.90. The third-order valence-corrected chi connectivity index (χ3v) is 1.85. The van der Waals surface area contributed by atoms with Crippen LogP contribution >= 0.6 is 15.9 Å². The first-order chi connectivity index (χ1) is 5.11. The minimum absolute atomic E-state index is 0.225. The van der Waals surface area contributed by atoms with E-state index in [1.807, 2.05) is 0 Å². The molecule has 5 heteroatoms. The summed E-state index contributed by atoms with van der Waals surface area (Å²) in [7, 11) is -1.55. The molecule has 11 heavy (non-hydrogen) atoms. The molecule has 0 atom stereocenters. The van der Waals surface area contributed by atoms with E-state index < -0.39 is 12.9 Å². The zero-order chi connectivity index (χ0) is 8.43. The van der Waals surface area contributed by atoms with Gasteiger partial charge in [-0.05, 0) is 33.5 Å². The topological polar surface area (TPSA) is 40.5 Å². The molecule has 2 nitrogen and oxygen atoms in total. The monoisotopic (exact) mass is 218 g/mol. The molecule has 0 aliphatic carbocycles. The molecule has 1 rings (SSSR count). The first kappa shape index (κ1) is 8.71. The summed E-state index contributed by atoms with van der Waals surface area (Å²) < 4.78 is 12.8. The predicted molar refractivity (Wildman–Crippen MR) is 43.9 cm³/mol. The van der Waals surface area contributed by atoms with Crippen LogP contribution in [0.15, 0.2) is 22.7 Å². The van der Waals surface area contributed by atoms with Gasteiger partial charge in [0.15, 0.2) is 0 Å². The van der Waals surface area contributed by atoms with Gasteiger partial charge in [0.1, 0.15) is 5.82 Å². The minimum Gasteiger partial charge on any atom is -0.423 e. The average Bonchev–Trinajstić information content (AvgIpc) is 1.94. The number of benzene rings is 1. The molecule has 0 saturated carbocycles. The average molecular weight is 219 g/mol. The summed E-state index contributed by atoms with van der Waals surface area (Å²) in [4.78, 5) is 0. The van der Waals surface area contributed by atoms with E-state index >= 15 is 0 Å². The van der Waals surface area contributed by atoms with Gasteiger partial charge in [0.2, 0.25) is 0 Å². The summed E-state index contributed by atoms with van der Waals surface area (Å²) in [6.45, 7) is 0. The van der Waals surface area contributed by atoms with Crippen LogP contribution in [0.4, 0.5) is 4.39 Å². The van der Waals surface area contributed by atoms with Crippen molar-refractivity contribution in [2.45, 2.75) is 0 Å². The molecule has 1 aromatic carbocycles. The van der Waals surface area contributed by atoms with Crippen molar-refractivity contribution in [3.05, 3.63) is 28.5 Å². The van der Waals surface area contributed by atoms with E-state index in [2.05, 4.69) is 15.9 Å². The lowest BCUT2D eigenvalue weighted by molar-refractivity contribution is 0.425. The number of rotatable bonds is 1. The molecule has 0 aliphatic heterocycles. The lowest BCUT2D eigenvalue weighted by Gasteiger charge is -1.99. The molecule has 0 saturated heterocycles. The third kappa shape index (κ3) is 2.02. The highest BCUT2D eigenvalue weighted by Gasteiger charge is 2.11. The van der Waals surface area contributed by atoms with Gasteiger partial charge in [-0.25, -0.2) is 4.39 Å². The van der Waals surface area contributed by atoms with Crippen LogP contribution in [0.2, 0.25) is 0 Å². The number of hydrogen-bond acceptors (Lipinski definition) is 2. The fourth-order valence-electron chi connectivity index (χ4n) is 0.673. The largest absolute Gasteiger partial charge is 0.488 e. The molecule has 58 valence electrons. The first-order valence-electron chi connectivity index (χ1n) is 2.92. The fourth-order valence-corrected chi connectivity index (χ4v) is 1.07. The van der Waals surface area contributed by atoms with E-state index in [1.54, 1.807) is 0 Å². The Morgan fingerprint density at radius 1 is 1.36 bits per heavy atom. The maximum absolute atomic E-state index is 12.6. The lowest BCUT2D eigenvalue weighted by atomic mass is 9.80. The van der Waals surface area contributed by atoms with E-state index in [-0.39, 0.29) is 9.94 Å². The molecule has 0 spiro atoms. The molecular weight excluding hydrogens is 214 g/mol. The molecule has 0 radical (unpaired) electrons. The second kappa shape index (κ2) is 3.34. The smallest absolute Gasteiger partial charge is 0.423 e. The van der Waals surface area contributed by atoms with Crippen molar-refractivity contribution >= 4 is 28.5 Å². The molecule has 2 N–H and O–H groups in total. The molecule has 0 bridgehead atoms. The standard InChI is InChI=1S/C6H5BBrFO2/c8-5-3-4(7(10)11)1-2-6(5)9/h1-3,10-11H. The van der Waals surface area contributed by atoms with Gasteiger partial charge in [0.05, 0.1) is 4.47 Å². The Hall–Kier alpha value is -0.385. The zero-order valence-electron chi connectivity index (χ0n) is 5.46. The maximum Gasteiger partial charge on any atom is 0.488 e. The predicted octanol–water partition coefficient (Wildman–Crippen LogP) is 0.268. The highest BCUT2D eigenvalue weighted by molar-refractivity contribution is 9.10. The summed E-state index contributed by atoms with van der Waals surface area (Å²) in [6.07, 6.45) is 0. The van der Waals surface area contributed by atoms with Crippen LogP contribution in [-0.2, 0) is 0 Å². The number of halogens is 2. The highest BCUT2D eigenvalue weighted by atomic mass is 79.9. The fraction of sp³-hybridized carbons (Fsp3) is 0. The molecule has 0 aromatic heterocycles. The van der Waals surface area contributed by atoms with Gasteiger partial charge in [0.25, 0.3) is 0 Å². The zero-order valence-corrected chi connectivity index (χ0v) is 7.05. The SMILES string of the molecule is OB(O)c1ccc(F)c(Br)c1. The summed E-state index contributed by atoms with van der Waals surface area (Å²) in [5.74, 6) is -0.422. The van der Waals surface area contributed by atoms with Gasteiger partial charge in [-0.2, -0.15) is 0 Å². The van der Waals surface area contributed by atoms with Crippen molar-refractivity contribution in [2.24, 2.45) is 0 Å². The Morgan fingerprint density at radius 2 is 2.00 bits per heavy atom. The quantitative estimate of drug-likeness (QED) is 0.665. The van der Waals surface area contributed by atoms with Crippen LogP contribution in [0.3, 0.4) is 0 Å². The Labute approximate surface area is 71.9 Å². The normalized spacial score (nSPS) is 9.82. The van der Waals surface area contributed by atoms with Crippen LogP contribution in [0.5, 0.6) is 0 Å². The first-order valence-corrected chi connectivity index (χ1v) is 3.71. The van der Waals surface area contributed by atoms with Gasteiger partial charge >= 0.3 is 7.12 Å². The van der Waals surface area contributed by atoms with Crippen molar-refractivity contribution < 1.29 is 14.4 Å². The number of hydrogen-bond donors (Lipinski definition) is 2. The van der Waals surface area contributed by atoms with Gasteiger partial charge in [-0.15, -0.1) is 0 Å². The molecule has 0 fully saturated rings. The van der Waals surface area contributed by atoms with Gasteiger partial charge in [0, 0.05) is 0 Å². The molecule has 0 amide bonds. The van der Waals surface area contributed by atoms with E-state index in [4.69, 9.17) is 10.0 Å². The lowest BCUT2D eigenvalue weighted by Crippen LogP contribution is -2.29. The molecule has 0 heterocycles. The van der Waals surface area contributed by atoms with Gasteiger partial charge < -0.3 is 10.0 Å². The van der Waals surface area contributed by atoms with Crippen molar-refractivity contribution in [3.63, 3.8) is 0 Å². The van der Waals surface area contributed by atoms with Crippen molar-refractivity contribution in [1.29, 1.82) is 0 Å². The van der Waals surface area contributed by atoms with E-state index in [1.165, 1.54) is 18.2 Å². The maximum atomic E-state index is 12.6. The summed E-state index contributed by atoms with van der Waals surface area (Å²) >= 11 is 2.92. The van der Waals surface area contributed by atoms with Crippen molar-refractivity contribution in [2.75, 3.05) is 0 Å². The Balaban J connectivity index is 3.05. The molecular formula is C6H5BBrFO2. The van der Waals surface area contributed by atoms with Crippen molar-refractivity contribution in [3.8, 4) is 0 Å². The van der Waals surface area contributed by atoms with E-state index in [9.17, 15) is 4.39 Å². The Bertz CT molecular complexity index is 267. The van der Waals surface area contributed by atoms with Crippen LogP contribution in [0.25, 0.3) is 0 Å². The second-order valence-electron chi connectivity index (χ2n) is 2.05. The van der Waals surface area contributed by atoms with Gasteiger partial charge in [-0.1, -0.05) is 6.07 Å². The third-order valence-electron chi connectivity index (χ3n) is 1.24. The van der Waals surface area contributed by atoms with Crippen LogP contribution < -0.4 is 5.46 Å². The van der Waals surface area contributed by atoms with Crippen LogP contribution in [0.1, 0.15) is 0 Å². The highest BCUT2D eigenvalue weighted by Crippen LogP contribution is 2.11. The van der Waals surface area contributed by atoms with Crippen LogP contribution in [-0.4, -0.2) is 17.2 Å².